The Morgan fingerprint density at radius 2 is 1.93 bits per heavy atom. The number of rotatable bonds is 2. The van der Waals surface area contributed by atoms with Crippen molar-refractivity contribution in [1.82, 2.24) is 4.98 Å². The molecule has 0 unspecified atom stereocenters. The average Bonchev–Trinajstić information content (AvgIpc) is 2.67. The summed E-state index contributed by atoms with van der Waals surface area (Å²) < 4.78 is 5.34. The smallest absolute Gasteiger partial charge is 0.216 e. The molecule has 0 amide bonds. The maximum absolute atomic E-state index is 6.14. The first-order chi connectivity index (χ1) is 7.15. The summed E-state index contributed by atoms with van der Waals surface area (Å²) >= 11 is 0. The van der Waals surface area contributed by atoms with Gasteiger partial charge in [-0.3, -0.25) is 0 Å². The predicted molar refractivity (Wildman–Crippen MR) is 61.3 cm³/mol. The van der Waals surface area contributed by atoms with Crippen LogP contribution in [0.5, 0.6) is 5.88 Å². The molecule has 3 heteroatoms. The normalized spacial score (nSPS) is 14.4. The molecule has 15 heavy (non-hydrogen) atoms. The fraction of sp³-hybridized carbons (Fsp3) is 0.583. The van der Waals surface area contributed by atoms with Gasteiger partial charge in [0.1, 0.15) is 0 Å². The van der Waals surface area contributed by atoms with Crippen molar-refractivity contribution in [3.8, 4) is 5.88 Å². The van der Waals surface area contributed by atoms with Crippen LogP contribution in [0.4, 0.5) is 5.69 Å². The van der Waals surface area contributed by atoms with Crippen LogP contribution in [0.1, 0.15) is 43.0 Å². The zero-order valence-electron chi connectivity index (χ0n) is 9.63. The lowest BCUT2D eigenvalue weighted by molar-refractivity contribution is 0.391. The minimum Gasteiger partial charge on any atom is -0.481 e. The molecular formula is C12H18N2O. The number of fused-ring (bicyclic) bond motifs is 1. The number of nitrogens with zero attached hydrogens (tertiary/aromatic N) is 1. The Hall–Kier alpha value is -1.25. The predicted octanol–water partition coefficient (Wildman–Crippen LogP) is 2.28. The van der Waals surface area contributed by atoms with E-state index in [9.17, 15) is 0 Å². The topological polar surface area (TPSA) is 48.1 Å². The van der Waals surface area contributed by atoms with Crippen LogP contribution in [0, 0.1) is 0 Å². The molecule has 0 aliphatic heterocycles. The van der Waals surface area contributed by atoms with Crippen LogP contribution >= 0.6 is 0 Å². The summed E-state index contributed by atoms with van der Waals surface area (Å²) in [6.45, 7) is 4.22. The molecule has 0 saturated heterocycles. The van der Waals surface area contributed by atoms with E-state index in [1.165, 1.54) is 17.5 Å². The Morgan fingerprint density at radius 3 is 2.53 bits per heavy atom. The summed E-state index contributed by atoms with van der Waals surface area (Å²) in [6.07, 6.45) is 3.28. The van der Waals surface area contributed by atoms with E-state index in [0.717, 1.165) is 30.1 Å². The molecular weight excluding hydrogens is 188 g/mol. The summed E-state index contributed by atoms with van der Waals surface area (Å²) in [7, 11) is 1.68. The van der Waals surface area contributed by atoms with Gasteiger partial charge in [-0.1, -0.05) is 13.8 Å². The minimum atomic E-state index is 0.352. The van der Waals surface area contributed by atoms with E-state index < -0.39 is 0 Å². The molecule has 0 saturated carbocycles. The summed E-state index contributed by atoms with van der Waals surface area (Å²) in [5, 5.41) is 0. The van der Waals surface area contributed by atoms with Crippen molar-refractivity contribution >= 4 is 5.69 Å². The Morgan fingerprint density at radius 1 is 1.27 bits per heavy atom. The molecule has 1 aromatic rings. The van der Waals surface area contributed by atoms with Crippen LogP contribution in [0.15, 0.2) is 0 Å². The first-order valence-electron chi connectivity index (χ1n) is 5.50. The number of hydrogen-bond acceptors (Lipinski definition) is 3. The van der Waals surface area contributed by atoms with Crippen LogP contribution < -0.4 is 10.5 Å². The Bertz CT molecular complexity index is 386. The molecule has 1 heterocycles. The van der Waals surface area contributed by atoms with Gasteiger partial charge in [-0.2, -0.15) is 0 Å². The van der Waals surface area contributed by atoms with Crippen LogP contribution in [0.25, 0.3) is 0 Å². The molecule has 1 aliphatic carbocycles. The first-order valence-corrected chi connectivity index (χ1v) is 5.50. The SMILES string of the molecule is COc1nc(C(C)C)c(N)c2c1CCC2. The van der Waals surface area contributed by atoms with Crippen molar-refractivity contribution in [3.05, 3.63) is 16.8 Å². The zero-order valence-corrected chi connectivity index (χ0v) is 9.63. The van der Waals surface area contributed by atoms with Crippen molar-refractivity contribution in [2.75, 3.05) is 12.8 Å². The van der Waals surface area contributed by atoms with E-state index in [1.807, 2.05) is 0 Å². The van der Waals surface area contributed by atoms with Gasteiger partial charge < -0.3 is 10.5 Å². The molecule has 82 valence electrons. The highest BCUT2D eigenvalue weighted by atomic mass is 16.5. The number of methoxy groups -OCH3 is 1. The Balaban J connectivity index is 2.61. The van der Waals surface area contributed by atoms with Crippen LogP contribution in [0.3, 0.4) is 0 Å². The third-order valence-corrected chi connectivity index (χ3v) is 3.04. The highest BCUT2D eigenvalue weighted by molar-refractivity contribution is 5.60. The summed E-state index contributed by atoms with van der Waals surface area (Å²) in [5.41, 5.74) is 10.5. The van der Waals surface area contributed by atoms with Crippen LogP contribution in [0.2, 0.25) is 0 Å². The second kappa shape index (κ2) is 3.72. The van der Waals surface area contributed by atoms with Gasteiger partial charge in [0, 0.05) is 5.56 Å². The summed E-state index contributed by atoms with van der Waals surface area (Å²) in [6, 6.07) is 0. The molecule has 0 radical (unpaired) electrons. The van der Waals surface area contributed by atoms with Gasteiger partial charge >= 0.3 is 0 Å². The van der Waals surface area contributed by atoms with Crippen molar-refractivity contribution in [3.63, 3.8) is 0 Å². The highest BCUT2D eigenvalue weighted by Crippen LogP contribution is 2.36. The van der Waals surface area contributed by atoms with Gasteiger partial charge in [-0.15, -0.1) is 0 Å². The van der Waals surface area contributed by atoms with Gasteiger partial charge in [-0.25, -0.2) is 4.98 Å². The molecule has 1 aromatic heterocycles. The minimum absolute atomic E-state index is 0.352. The van der Waals surface area contributed by atoms with Gasteiger partial charge in [-0.05, 0) is 30.7 Å². The van der Waals surface area contributed by atoms with Gasteiger partial charge in [0.2, 0.25) is 5.88 Å². The second-order valence-corrected chi connectivity index (χ2v) is 4.39. The first kappa shape index (κ1) is 10.3. The molecule has 2 rings (SSSR count). The number of aromatic nitrogens is 1. The molecule has 0 atom stereocenters. The lowest BCUT2D eigenvalue weighted by Gasteiger charge is -2.15. The lowest BCUT2D eigenvalue weighted by atomic mass is 10.0. The molecule has 0 spiro atoms. The van der Waals surface area contributed by atoms with Crippen molar-refractivity contribution < 1.29 is 4.74 Å². The Labute approximate surface area is 90.7 Å². The number of ether oxygens (including phenoxy) is 1. The Kier molecular flexibility index (Phi) is 2.55. The van der Waals surface area contributed by atoms with E-state index in [0.29, 0.717) is 5.92 Å². The van der Waals surface area contributed by atoms with Crippen molar-refractivity contribution in [1.29, 1.82) is 0 Å². The molecule has 0 fully saturated rings. The van der Waals surface area contributed by atoms with E-state index in [-0.39, 0.29) is 0 Å². The maximum atomic E-state index is 6.14. The number of pyridine rings is 1. The molecule has 1 aliphatic rings. The van der Waals surface area contributed by atoms with Crippen LogP contribution in [-0.2, 0) is 12.8 Å². The highest BCUT2D eigenvalue weighted by Gasteiger charge is 2.23. The number of nitrogen functional groups attached to an aromatic ring is 1. The standard InChI is InChI=1S/C12H18N2O/c1-7(2)11-10(13)8-5-4-6-9(8)12(14-11)15-3/h7H,4-6,13H2,1-3H3. The van der Waals surface area contributed by atoms with Gasteiger partial charge in [0.05, 0.1) is 18.5 Å². The largest absolute Gasteiger partial charge is 0.481 e. The monoisotopic (exact) mass is 206 g/mol. The summed E-state index contributed by atoms with van der Waals surface area (Å²) in [5.74, 6) is 1.13. The van der Waals surface area contributed by atoms with Gasteiger partial charge in [0.25, 0.3) is 0 Å². The van der Waals surface area contributed by atoms with Crippen LogP contribution in [-0.4, -0.2) is 12.1 Å². The molecule has 0 bridgehead atoms. The number of hydrogen-bond donors (Lipinski definition) is 1. The fourth-order valence-electron chi connectivity index (χ4n) is 2.28. The third-order valence-electron chi connectivity index (χ3n) is 3.04. The fourth-order valence-corrected chi connectivity index (χ4v) is 2.28. The average molecular weight is 206 g/mol. The second-order valence-electron chi connectivity index (χ2n) is 4.39. The van der Waals surface area contributed by atoms with E-state index in [2.05, 4.69) is 18.8 Å². The van der Waals surface area contributed by atoms with E-state index in [1.54, 1.807) is 7.11 Å². The van der Waals surface area contributed by atoms with E-state index in [4.69, 9.17) is 10.5 Å². The zero-order chi connectivity index (χ0) is 11.0. The van der Waals surface area contributed by atoms with Crippen molar-refractivity contribution in [2.24, 2.45) is 0 Å². The molecule has 3 nitrogen and oxygen atoms in total. The third kappa shape index (κ3) is 1.56. The maximum Gasteiger partial charge on any atom is 0.216 e. The number of nitrogens with two attached hydrogens (primary N) is 1. The molecule has 0 aromatic carbocycles. The van der Waals surface area contributed by atoms with Crippen molar-refractivity contribution in [2.45, 2.75) is 39.0 Å². The quantitative estimate of drug-likeness (QED) is 0.807. The summed E-state index contributed by atoms with van der Waals surface area (Å²) in [4.78, 5) is 4.51. The lowest BCUT2D eigenvalue weighted by Crippen LogP contribution is -2.07. The van der Waals surface area contributed by atoms with E-state index >= 15 is 0 Å². The molecule has 2 N–H and O–H groups in total. The van der Waals surface area contributed by atoms with Gasteiger partial charge in [0.15, 0.2) is 0 Å². The number of anilines is 1.